The summed E-state index contributed by atoms with van der Waals surface area (Å²) in [5.74, 6) is 4.29. The van der Waals surface area contributed by atoms with E-state index >= 15 is 0 Å². The Balaban J connectivity index is 0.00000288. The zero-order valence-electron chi connectivity index (χ0n) is 14.0. The van der Waals surface area contributed by atoms with Crippen LogP contribution in [0, 0.1) is 12.3 Å². The predicted octanol–water partition coefficient (Wildman–Crippen LogP) is 1.33. The summed E-state index contributed by atoms with van der Waals surface area (Å²) < 4.78 is 10.7. The van der Waals surface area contributed by atoms with Crippen molar-refractivity contribution >= 4 is 29.9 Å². The lowest BCUT2D eigenvalue weighted by Gasteiger charge is -2.26. The van der Waals surface area contributed by atoms with E-state index in [2.05, 4.69) is 26.4 Å². The van der Waals surface area contributed by atoms with Gasteiger partial charge in [-0.05, 0) is 18.6 Å². The van der Waals surface area contributed by atoms with Crippen molar-refractivity contribution in [1.29, 1.82) is 0 Å². The van der Waals surface area contributed by atoms with E-state index in [4.69, 9.17) is 15.6 Å². The quantitative estimate of drug-likeness (QED) is 0.208. The van der Waals surface area contributed by atoms with E-state index in [1.54, 1.807) is 6.26 Å². The van der Waals surface area contributed by atoms with Crippen LogP contribution in [0.3, 0.4) is 0 Å². The summed E-state index contributed by atoms with van der Waals surface area (Å²) in [6.07, 6.45) is 8.84. The SMILES string of the molecule is C#CCNC(=NCCCN1CCOCC1)NCCc1ccco1.I. The van der Waals surface area contributed by atoms with E-state index < -0.39 is 0 Å². The van der Waals surface area contributed by atoms with Crippen molar-refractivity contribution in [3.8, 4) is 12.3 Å². The first-order chi connectivity index (χ1) is 11.4. The number of terminal acetylenes is 1. The summed E-state index contributed by atoms with van der Waals surface area (Å²) in [6.45, 7) is 6.78. The molecule has 0 aliphatic carbocycles. The molecule has 0 unspecified atom stereocenters. The molecule has 0 atom stereocenters. The van der Waals surface area contributed by atoms with Gasteiger partial charge in [-0.25, -0.2) is 0 Å². The number of nitrogens with one attached hydrogen (secondary N) is 2. The Labute approximate surface area is 161 Å². The van der Waals surface area contributed by atoms with Crippen LogP contribution in [0.15, 0.2) is 27.8 Å². The highest BCUT2D eigenvalue weighted by atomic mass is 127. The van der Waals surface area contributed by atoms with Gasteiger partial charge < -0.3 is 19.8 Å². The first-order valence-electron chi connectivity index (χ1n) is 8.16. The number of nitrogens with zero attached hydrogens (tertiary/aromatic N) is 2. The molecule has 2 rings (SSSR count). The summed E-state index contributed by atoms with van der Waals surface area (Å²) >= 11 is 0. The first-order valence-corrected chi connectivity index (χ1v) is 8.16. The molecule has 2 heterocycles. The molecule has 24 heavy (non-hydrogen) atoms. The summed E-state index contributed by atoms with van der Waals surface area (Å²) in [6, 6.07) is 3.86. The lowest BCUT2D eigenvalue weighted by molar-refractivity contribution is 0.0377. The van der Waals surface area contributed by atoms with E-state index in [-0.39, 0.29) is 24.0 Å². The Hall–Kier alpha value is -1.24. The van der Waals surface area contributed by atoms with Crippen molar-refractivity contribution in [3.63, 3.8) is 0 Å². The van der Waals surface area contributed by atoms with Crippen LogP contribution in [0.4, 0.5) is 0 Å². The molecule has 6 nitrogen and oxygen atoms in total. The van der Waals surface area contributed by atoms with Crippen LogP contribution in [0.2, 0.25) is 0 Å². The van der Waals surface area contributed by atoms with Crippen LogP contribution in [0.1, 0.15) is 12.2 Å². The maximum atomic E-state index is 5.35. The largest absolute Gasteiger partial charge is 0.469 e. The Kier molecular flexibility index (Phi) is 11.4. The van der Waals surface area contributed by atoms with E-state index in [0.717, 1.165) is 70.5 Å². The van der Waals surface area contributed by atoms with Crippen LogP contribution in [-0.4, -0.2) is 63.3 Å². The lowest BCUT2D eigenvalue weighted by atomic mass is 10.3. The molecule has 1 aliphatic rings. The second kappa shape index (κ2) is 13.1. The van der Waals surface area contributed by atoms with Crippen molar-refractivity contribution in [3.05, 3.63) is 24.2 Å². The molecule has 0 amide bonds. The Bertz CT molecular complexity index is 493. The van der Waals surface area contributed by atoms with Gasteiger partial charge in [0, 0.05) is 39.1 Å². The van der Waals surface area contributed by atoms with Crippen molar-refractivity contribution in [2.24, 2.45) is 4.99 Å². The zero-order valence-corrected chi connectivity index (χ0v) is 16.3. The summed E-state index contributed by atoms with van der Waals surface area (Å²) in [5.41, 5.74) is 0. The molecule has 0 aromatic carbocycles. The topological polar surface area (TPSA) is 62.0 Å². The highest BCUT2D eigenvalue weighted by Crippen LogP contribution is 2.00. The molecule has 1 aromatic heterocycles. The molecule has 7 heteroatoms. The third-order valence-corrected chi connectivity index (χ3v) is 3.61. The second-order valence-electron chi connectivity index (χ2n) is 5.35. The average molecular weight is 446 g/mol. The molecule has 0 spiro atoms. The van der Waals surface area contributed by atoms with Crippen molar-refractivity contribution < 1.29 is 9.15 Å². The molecule has 1 aromatic rings. The molecule has 2 N–H and O–H groups in total. The van der Waals surface area contributed by atoms with Gasteiger partial charge in [-0.15, -0.1) is 30.4 Å². The molecular weight excluding hydrogens is 419 g/mol. The summed E-state index contributed by atoms with van der Waals surface area (Å²) in [5, 5.41) is 6.41. The van der Waals surface area contributed by atoms with Gasteiger partial charge in [0.1, 0.15) is 5.76 Å². The van der Waals surface area contributed by atoms with Gasteiger partial charge in [0.25, 0.3) is 0 Å². The molecule has 0 saturated carbocycles. The van der Waals surface area contributed by atoms with Crippen molar-refractivity contribution in [1.82, 2.24) is 15.5 Å². The number of guanidine groups is 1. The number of hydrogen-bond donors (Lipinski definition) is 2. The number of ether oxygens (including phenoxy) is 1. The zero-order chi connectivity index (χ0) is 16.2. The molecule has 1 fully saturated rings. The van der Waals surface area contributed by atoms with Gasteiger partial charge >= 0.3 is 0 Å². The van der Waals surface area contributed by atoms with Gasteiger partial charge in [0.2, 0.25) is 0 Å². The fourth-order valence-electron chi connectivity index (χ4n) is 2.38. The van der Waals surface area contributed by atoms with Crippen molar-refractivity contribution in [2.75, 3.05) is 52.5 Å². The fraction of sp³-hybridized carbons (Fsp3) is 0.588. The summed E-state index contributed by atoms with van der Waals surface area (Å²) in [7, 11) is 0. The lowest BCUT2D eigenvalue weighted by Crippen LogP contribution is -2.39. The maximum absolute atomic E-state index is 5.35. The molecule has 1 saturated heterocycles. The molecule has 0 bridgehead atoms. The van der Waals surface area contributed by atoms with Crippen LogP contribution in [0.25, 0.3) is 0 Å². The van der Waals surface area contributed by atoms with Gasteiger partial charge in [-0.2, -0.15) is 0 Å². The van der Waals surface area contributed by atoms with Gasteiger partial charge in [-0.1, -0.05) is 5.92 Å². The van der Waals surface area contributed by atoms with Crippen LogP contribution in [0.5, 0.6) is 0 Å². The average Bonchev–Trinajstić information content (AvgIpc) is 3.10. The maximum Gasteiger partial charge on any atom is 0.192 e. The van der Waals surface area contributed by atoms with Crippen molar-refractivity contribution in [2.45, 2.75) is 12.8 Å². The molecule has 1 aliphatic heterocycles. The van der Waals surface area contributed by atoms with E-state index in [9.17, 15) is 0 Å². The first kappa shape index (κ1) is 20.8. The Morgan fingerprint density at radius 1 is 1.33 bits per heavy atom. The number of rotatable bonds is 8. The fourth-order valence-corrected chi connectivity index (χ4v) is 2.38. The van der Waals surface area contributed by atoms with Gasteiger partial charge in [0.05, 0.1) is 26.0 Å². The van der Waals surface area contributed by atoms with Crippen LogP contribution < -0.4 is 10.6 Å². The number of hydrogen-bond acceptors (Lipinski definition) is 4. The van der Waals surface area contributed by atoms with Crippen LogP contribution in [-0.2, 0) is 11.2 Å². The predicted molar refractivity (Wildman–Crippen MR) is 107 cm³/mol. The number of furan rings is 1. The van der Waals surface area contributed by atoms with E-state index in [1.165, 1.54) is 0 Å². The van der Waals surface area contributed by atoms with E-state index in [1.807, 2.05) is 12.1 Å². The highest BCUT2D eigenvalue weighted by molar-refractivity contribution is 14.0. The van der Waals surface area contributed by atoms with E-state index in [0.29, 0.717) is 6.54 Å². The molecule has 0 radical (unpaired) electrons. The van der Waals surface area contributed by atoms with Gasteiger partial charge in [-0.3, -0.25) is 9.89 Å². The number of morpholine rings is 1. The van der Waals surface area contributed by atoms with Crippen LogP contribution >= 0.6 is 24.0 Å². The highest BCUT2D eigenvalue weighted by Gasteiger charge is 2.09. The minimum Gasteiger partial charge on any atom is -0.469 e. The standard InChI is InChI=1S/C17H26N4O2.HI/c1-2-7-18-17(20-9-6-16-5-3-13-23-16)19-8-4-10-21-11-14-22-15-12-21;/h1,3,5,13H,4,6-12,14-15H2,(H2,18,19,20);1H. The number of aliphatic imine (C=N–C) groups is 1. The number of halogens is 1. The normalized spacial score (nSPS) is 15.4. The smallest absolute Gasteiger partial charge is 0.192 e. The third-order valence-electron chi connectivity index (χ3n) is 3.61. The second-order valence-corrected chi connectivity index (χ2v) is 5.35. The molecular formula is C17H27IN4O2. The van der Waals surface area contributed by atoms with Gasteiger partial charge in [0.15, 0.2) is 5.96 Å². The minimum absolute atomic E-state index is 0. The Morgan fingerprint density at radius 3 is 2.88 bits per heavy atom. The summed E-state index contributed by atoms with van der Waals surface area (Å²) in [4.78, 5) is 6.99. The third kappa shape index (κ3) is 8.57. The Morgan fingerprint density at radius 2 is 2.17 bits per heavy atom. The monoisotopic (exact) mass is 446 g/mol. The molecule has 134 valence electrons. The minimum atomic E-state index is 0.